The Morgan fingerprint density at radius 2 is 1.68 bits per heavy atom. The number of anilines is 1. The summed E-state index contributed by atoms with van der Waals surface area (Å²) in [5, 5.41) is 5.61. The Hall–Kier alpha value is -2.04. The van der Waals surface area contributed by atoms with E-state index in [0.29, 0.717) is 5.92 Å². The van der Waals surface area contributed by atoms with Gasteiger partial charge in [-0.1, -0.05) is 26.0 Å². The minimum Gasteiger partial charge on any atom is -0.350 e. The Bertz CT molecular complexity index is 516. The zero-order valence-corrected chi connectivity index (χ0v) is 14.4. The number of hydrogen-bond donors (Lipinski definition) is 2. The monoisotopic (exact) mass is 305 g/mol. The van der Waals surface area contributed by atoms with Gasteiger partial charge in [-0.15, -0.1) is 0 Å². The number of nitrogens with zero attached hydrogens (tertiary/aromatic N) is 1. The topological polar surface area (TPSA) is 61.4 Å². The van der Waals surface area contributed by atoms with Crippen LogP contribution in [0.4, 0.5) is 10.5 Å². The maximum atomic E-state index is 12.1. The lowest BCUT2D eigenvalue weighted by atomic mass is 10.0. The van der Waals surface area contributed by atoms with Crippen LogP contribution in [0.25, 0.3) is 0 Å². The zero-order chi connectivity index (χ0) is 16.9. The minimum atomic E-state index is -0.304. The molecule has 0 fully saturated rings. The first-order valence-corrected chi connectivity index (χ1v) is 7.51. The fourth-order valence-electron chi connectivity index (χ4n) is 1.92. The molecule has 0 radical (unpaired) electrons. The van der Waals surface area contributed by atoms with Crippen molar-refractivity contribution in [2.75, 3.05) is 18.9 Å². The summed E-state index contributed by atoms with van der Waals surface area (Å²) in [5.41, 5.74) is 1.63. The summed E-state index contributed by atoms with van der Waals surface area (Å²) in [6, 6.07) is 7.42. The Morgan fingerprint density at radius 1 is 1.14 bits per heavy atom. The third-order valence-electron chi connectivity index (χ3n) is 3.07. The lowest BCUT2D eigenvalue weighted by molar-refractivity contribution is -0.122. The van der Waals surface area contributed by atoms with E-state index in [1.165, 1.54) is 10.5 Å². The van der Waals surface area contributed by atoms with Gasteiger partial charge in [0.1, 0.15) is 6.54 Å². The molecule has 1 rings (SSSR count). The number of hydrogen-bond acceptors (Lipinski definition) is 2. The zero-order valence-electron chi connectivity index (χ0n) is 14.4. The first-order valence-electron chi connectivity index (χ1n) is 7.51. The van der Waals surface area contributed by atoms with Crippen molar-refractivity contribution in [2.24, 2.45) is 0 Å². The van der Waals surface area contributed by atoms with Crippen molar-refractivity contribution in [3.63, 3.8) is 0 Å². The van der Waals surface area contributed by atoms with Crippen LogP contribution in [0.1, 0.15) is 46.1 Å². The minimum absolute atomic E-state index is 0.0210. The van der Waals surface area contributed by atoms with Crippen molar-refractivity contribution in [2.45, 2.75) is 46.1 Å². The molecular weight excluding hydrogens is 278 g/mol. The van der Waals surface area contributed by atoms with E-state index in [4.69, 9.17) is 0 Å². The highest BCUT2D eigenvalue weighted by molar-refractivity contribution is 5.92. The number of amides is 3. The van der Waals surface area contributed by atoms with Gasteiger partial charge in [-0.2, -0.15) is 0 Å². The molecule has 0 atom stereocenters. The van der Waals surface area contributed by atoms with Gasteiger partial charge in [-0.3, -0.25) is 4.79 Å². The average molecular weight is 305 g/mol. The molecule has 5 nitrogen and oxygen atoms in total. The van der Waals surface area contributed by atoms with Gasteiger partial charge in [0.2, 0.25) is 5.91 Å². The van der Waals surface area contributed by atoms with E-state index in [0.717, 1.165) is 5.69 Å². The second kappa shape index (κ2) is 7.29. The van der Waals surface area contributed by atoms with Crippen molar-refractivity contribution in [1.82, 2.24) is 10.2 Å². The lowest BCUT2D eigenvalue weighted by Crippen LogP contribution is -2.47. The molecule has 0 spiro atoms. The molecule has 0 heterocycles. The molecule has 5 heteroatoms. The third kappa shape index (κ3) is 6.16. The highest BCUT2D eigenvalue weighted by atomic mass is 16.2. The molecule has 1 aromatic carbocycles. The van der Waals surface area contributed by atoms with E-state index in [9.17, 15) is 9.59 Å². The first-order chi connectivity index (χ1) is 10.1. The van der Waals surface area contributed by atoms with Crippen molar-refractivity contribution in [3.05, 3.63) is 29.8 Å². The predicted molar refractivity (Wildman–Crippen MR) is 90.1 cm³/mol. The van der Waals surface area contributed by atoms with Crippen molar-refractivity contribution < 1.29 is 9.59 Å². The van der Waals surface area contributed by atoms with Crippen molar-refractivity contribution in [1.29, 1.82) is 0 Å². The van der Waals surface area contributed by atoms with Gasteiger partial charge in [-0.25, -0.2) is 4.79 Å². The van der Waals surface area contributed by atoms with E-state index < -0.39 is 0 Å². The molecule has 0 saturated heterocycles. The van der Waals surface area contributed by atoms with Gasteiger partial charge in [0.25, 0.3) is 0 Å². The van der Waals surface area contributed by atoms with Crippen molar-refractivity contribution >= 4 is 17.6 Å². The fourth-order valence-corrected chi connectivity index (χ4v) is 1.92. The standard InChI is InChI=1S/C17H27N3O2/c1-12(2)13-7-9-14(10-8-13)18-16(22)20(6)11-15(21)19-17(3,4)5/h7-10,12H,11H2,1-6H3,(H,18,22)(H,19,21). The predicted octanol–water partition coefficient (Wildman–Crippen LogP) is 3.19. The van der Waals surface area contributed by atoms with Crippen LogP contribution in [0, 0.1) is 0 Å². The normalized spacial score (nSPS) is 11.2. The highest BCUT2D eigenvalue weighted by Crippen LogP contribution is 2.17. The molecule has 0 aliphatic heterocycles. The summed E-state index contributed by atoms with van der Waals surface area (Å²) < 4.78 is 0. The molecule has 0 aromatic heterocycles. The summed E-state index contributed by atoms with van der Waals surface area (Å²) in [6.45, 7) is 9.97. The van der Waals surface area contributed by atoms with Crippen LogP contribution < -0.4 is 10.6 Å². The van der Waals surface area contributed by atoms with Crippen LogP contribution in [0.5, 0.6) is 0 Å². The number of rotatable bonds is 4. The van der Waals surface area contributed by atoms with E-state index in [2.05, 4.69) is 24.5 Å². The van der Waals surface area contributed by atoms with Gasteiger partial charge in [0, 0.05) is 18.3 Å². The number of carbonyl (C=O) groups is 2. The van der Waals surface area contributed by atoms with E-state index in [1.54, 1.807) is 7.05 Å². The molecule has 0 bridgehead atoms. The van der Waals surface area contributed by atoms with Crippen LogP contribution in [0.15, 0.2) is 24.3 Å². The first kappa shape index (κ1) is 18.0. The van der Waals surface area contributed by atoms with Crippen molar-refractivity contribution in [3.8, 4) is 0 Å². The molecule has 0 unspecified atom stereocenters. The Kier molecular flexibility index (Phi) is 5.97. The lowest BCUT2D eigenvalue weighted by Gasteiger charge is -2.23. The van der Waals surface area contributed by atoms with E-state index in [-0.39, 0.29) is 24.0 Å². The number of benzene rings is 1. The number of urea groups is 1. The molecule has 0 aliphatic rings. The summed E-state index contributed by atoms with van der Waals surface area (Å²) in [6.07, 6.45) is 0. The molecule has 0 saturated carbocycles. The Balaban J connectivity index is 2.55. The van der Waals surface area contributed by atoms with Crippen LogP contribution in [-0.4, -0.2) is 36.0 Å². The van der Waals surface area contributed by atoms with Gasteiger partial charge in [-0.05, 0) is 44.4 Å². The summed E-state index contributed by atoms with van der Waals surface area (Å²) in [7, 11) is 1.60. The highest BCUT2D eigenvalue weighted by Gasteiger charge is 2.17. The van der Waals surface area contributed by atoms with Gasteiger partial charge in [0.05, 0.1) is 0 Å². The van der Waals surface area contributed by atoms with Crippen LogP contribution >= 0.6 is 0 Å². The molecule has 3 amide bonds. The second-order valence-corrected chi connectivity index (χ2v) is 6.86. The molecular formula is C17H27N3O2. The Labute approximate surface area is 133 Å². The van der Waals surface area contributed by atoms with E-state index >= 15 is 0 Å². The van der Waals surface area contributed by atoms with Gasteiger partial charge >= 0.3 is 6.03 Å². The molecule has 22 heavy (non-hydrogen) atoms. The molecule has 1 aromatic rings. The average Bonchev–Trinajstić information content (AvgIpc) is 2.36. The fraction of sp³-hybridized carbons (Fsp3) is 0.529. The smallest absolute Gasteiger partial charge is 0.322 e. The molecule has 122 valence electrons. The third-order valence-corrected chi connectivity index (χ3v) is 3.07. The van der Waals surface area contributed by atoms with Crippen LogP contribution in [0.2, 0.25) is 0 Å². The maximum absolute atomic E-state index is 12.1. The van der Waals surface area contributed by atoms with E-state index in [1.807, 2.05) is 45.0 Å². The summed E-state index contributed by atoms with van der Waals surface area (Å²) in [4.78, 5) is 25.2. The quantitative estimate of drug-likeness (QED) is 0.897. The maximum Gasteiger partial charge on any atom is 0.322 e. The van der Waals surface area contributed by atoms with Gasteiger partial charge in [0.15, 0.2) is 0 Å². The summed E-state index contributed by atoms with van der Waals surface area (Å²) in [5.74, 6) is 0.272. The summed E-state index contributed by atoms with van der Waals surface area (Å²) >= 11 is 0. The van der Waals surface area contributed by atoms with Crippen LogP contribution in [0.3, 0.4) is 0 Å². The largest absolute Gasteiger partial charge is 0.350 e. The number of carbonyl (C=O) groups excluding carboxylic acids is 2. The number of nitrogens with one attached hydrogen (secondary N) is 2. The molecule has 0 aliphatic carbocycles. The SMILES string of the molecule is CC(C)c1ccc(NC(=O)N(C)CC(=O)NC(C)(C)C)cc1. The molecule has 2 N–H and O–H groups in total. The number of likely N-dealkylation sites (N-methyl/N-ethyl adjacent to an activating group) is 1. The van der Waals surface area contributed by atoms with Gasteiger partial charge < -0.3 is 15.5 Å². The Morgan fingerprint density at radius 3 is 2.14 bits per heavy atom. The second-order valence-electron chi connectivity index (χ2n) is 6.86. The van der Waals surface area contributed by atoms with Crippen LogP contribution in [-0.2, 0) is 4.79 Å².